The molecule has 0 aliphatic heterocycles. The molecule has 4 aromatic rings. The SMILES string of the molecule is CCC(C)c1ccc(CC(=O)n2c3ccccc3c3ccccc32)cc1. The van der Waals surface area contributed by atoms with E-state index in [1.807, 2.05) is 41.0 Å². The number of rotatable bonds is 4. The first-order valence-corrected chi connectivity index (χ1v) is 9.29. The minimum atomic E-state index is 0.110. The molecule has 0 spiro atoms. The summed E-state index contributed by atoms with van der Waals surface area (Å²) in [6, 6.07) is 24.8. The zero-order valence-corrected chi connectivity index (χ0v) is 15.3. The molecule has 0 aliphatic carbocycles. The molecular formula is C24H23NO. The molecule has 4 rings (SSSR count). The number of aromatic nitrogens is 1. The Bertz CT molecular complexity index is 1020. The second kappa shape index (κ2) is 6.80. The zero-order valence-electron chi connectivity index (χ0n) is 15.3. The molecule has 0 radical (unpaired) electrons. The Morgan fingerprint density at radius 3 is 1.92 bits per heavy atom. The van der Waals surface area contributed by atoms with E-state index in [0.717, 1.165) is 33.8 Å². The van der Waals surface area contributed by atoms with Gasteiger partial charge in [-0.1, -0.05) is 74.5 Å². The molecule has 1 unspecified atom stereocenters. The van der Waals surface area contributed by atoms with Crippen LogP contribution in [0.3, 0.4) is 0 Å². The van der Waals surface area contributed by atoms with Gasteiger partial charge in [-0.05, 0) is 35.6 Å². The van der Waals surface area contributed by atoms with Gasteiger partial charge in [0.05, 0.1) is 17.5 Å². The minimum absolute atomic E-state index is 0.110. The number of nitrogens with zero attached hydrogens (tertiary/aromatic N) is 1. The number of para-hydroxylation sites is 2. The molecule has 2 heteroatoms. The van der Waals surface area contributed by atoms with Gasteiger partial charge >= 0.3 is 0 Å². The molecule has 1 aromatic heterocycles. The summed E-state index contributed by atoms with van der Waals surface area (Å²) >= 11 is 0. The third-order valence-corrected chi connectivity index (χ3v) is 5.35. The average Bonchev–Trinajstić information content (AvgIpc) is 3.02. The largest absolute Gasteiger partial charge is 0.280 e. The predicted octanol–water partition coefficient (Wildman–Crippen LogP) is 6.19. The number of benzene rings is 3. The van der Waals surface area contributed by atoms with Gasteiger partial charge in [-0.3, -0.25) is 9.36 Å². The zero-order chi connectivity index (χ0) is 18.1. The molecule has 1 heterocycles. The standard InChI is InChI=1S/C24H23NO/c1-3-17(2)19-14-12-18(13-15-19)16-24(26)25-22-10-6-4-8-20(22)21-9-5-7-11-23(21)25/h4-15,17H,3,16H2,1-2H3. The number of carbonyl (C=O) groups excluding carboxylic acids is 1. The van der Waals surface area contributed by atoms with Gasteiger partial charge in [-0.25, -0.2) is 0 Å². The monoisotopic (exact) mass is 341 g/mol. The summed E-state index contributed by atoms with van der Waals surface area (Å²) in [5.74, 6) is 0.663. The lowest BCUT2D eigenvalue weighted by Crippen LogP contribution is -2.13. The first kappa shape index (κ1) is 16.6. The van der Waals surface area contributed by atoms with E-state index in [1.165, 1.54) is 5.56 Å². The quantitative estimate of drug-likeness (QED) is 0.434. The molecule has 130 valence electrons. The molecule has 3 aromatic carbocycles. The second-order valence-electron chi connectivity index (χ2n) is 6.99. The van der Waals surface area contributed by atoms with Crippen LogP contribution in [-0.2, 0) is 6.42 Å². The van der Waals surface area contributed by atoms with Gasteiger partial charge in [0.2, 0.25) is 5.91 Å². The smallest absolute Gasteiger partial charge is 0.235 e. The van der Waals surface area contributed by atoms with Gasteiger partial charge in [0.1, 0.15) is 0 Å². The highest BCUT2D eigenvalue weighted by molar-refractivity contribution is 6.13. The van der Waals surface area contributed by atoms with Crippen molar-refractivity contribution in [1.82, 2.24) is 4.57 Å². The highest BCUT2D eigenvalue weighted by atomic mass is 16.2. The van der Waals surface area contributed by atoms with Crippen molar-refractivity contribution in [3.8, 4) is 0 Å². The lowest BCUT2D eigenvalue weighted by molar-refractivity contribution is 0.0924. The fourth-order valence-corrected chi connectivity index (χ4v) is 3.64. The highest BCUT2D eigenvalue weighted by Crippen LogP contribution is 2.29. The molecule has 0 saturated heterocycles. The Morgan fingerprint density at radius 2 is 1.38 bits per heavy atom. The Kier molecular flexibility index (Phi) is 4.34. The van der Waals surface area contributed by atoms with E-state index in [-0.39, 0.29) is 5.91 Å². The number of carbonyl (C=O) groups is 1. The maximum atomic E-state index is 13.1. The highest BCUT2D eigenvalue weighted by Gasteiger charge is 2.15. The fourth-order valence-electron chi connectivity index (χ4n) is 3.64. The van der Waals surface area contributed by atoms with Crippen molar-refractivity contribution in [3.05, 3.63) is 83.9 Å². The maximum absolute atomic E-state index is 13.1. The molecule has 1 atom stereocenters. The molecule has 0 bridgehead atoms. The Labute approximate surface area is 154 Å². The van der Waals surface area contributed by atoms with Crippen molar-refractivity contribution in [1.29, 1.82) is 0 Å². The van der Waals surface area contributed by atoms with E-state index < -0.39 is 0 Å². The normalized spacial score (nSPS) is 12.5. The number of hydrogen-bond acceptors (Lipinski definition) is 1. The lowest BCUT2D eigenvalue weighted by Gasteiger charge is -2.10. The van der Waals surface area contributed by atoms with Gasteiger partial charge in [0, 0.05) is 10.8 Å². The average molecular weight is 341 g/mol. The van der Waals surface area contributed by atoms with Gasteiger partial charge in [-0.15, -0.1) is 0 Å². The molecule has 2 nitrogen and oxygen atoms in total. The van der Waals surface area contributed by atoms with E-state index in [2.05, 4.69) is 50.2 Å². The van der Waals surface area contributed by atoms with Crippen molar-refractivity contribution < 1.29 is 4.79 Å². The van der Waals surface area contributed by atoms with Gasteiger partial charge in [0.15, 0.2) is 0 Å². The summed E-state index contributed by atoms with van der Waals surface area (Å²) in [5.41, 5.74) is 4.36. The van der Waals surface area contributed by atoms with E-state index in [1.54, 1.807) is 0 Å². The molecule has 0 amide bonds. The summed E-state index contributed by atoms with van der Waals surface area (Å²) in [6.45, 7) is 4.43. The molecule has 0 saturated carbocycles. The Balaban J connectivity index is 1.72. The van der Waals surface area contributed by atoms with Crippen LogP contribution in [0.1, 0.15) is 42.1 Å². The fraction of sp³-hybridized carbons (Fsp3) is 0.208. The summed E-state index contributed by atoms with van der Waals surface area (Å²) in [5, 5.41) is 2.26. The topological polar surface area (TPSA) is 22.0 Å². The Morgan fingerprint density at radius 1 is 0.846 bits per heavy atom. The second-order valence-corrected chi connectivity index (χ2v) is 6.99. The van der Waals surface area contributed by atoms with Crippen molar-refractivity contribution in [2.24, 2.45) is 0 Å². The number of fused-ring (bicyclic) bond motifs is 3. The van der Waals surface area contributed by atoms with E-state index in [0.29, 0.717) is 12.3 Å². The first-order chi connectivity index (χ1) is 12.7. The minimum Gasteiger partial charge on any atom is -0.280 e. The Hall–Kier alpha value is -2.87. The summed E-state index contributed by atoms with van der Waals surface area (Å²) < 4.78 is 1.87. The van der Waals surface area contributed by atoms with E-state index in [4.69, 9.17) is 0 Å². The van der Waals surface area contributed by atoms with Crippen LogP contribution in [0.4, 0.5) is 0 Å². The first-order valence-electron chi connectivity index (χ1n) is 9.29. The third-order valence-electron chi connectivity index (χ3n) is 5.35. The third kappa shape index (κ3) is 2.82. The van der Waals surface area contributed by atoms with Gasteiger partial charge in [-0.2, -0.15) is 0 Å². The van der Waals surface area contributed by atoms with Crippen LogP contribution in [0.2, 0.25) is 0 Å². The lowest BCUT2D eigenvalue weighted by atomic mass is 9.97. The molecule has 0 fully saturated rings. The van der Waals surface area contributed by atoms with Crippen molar-refractivity contribution >= 4 is 27.7 Å². The molecule has 0 N–H and O–H groups in total. The molecule has 0 aliphatic rings. The van der Waals surface area contributed by atoms with Crippen LogP contribution in [-0.4, -0.2) is 10.5 Å². The van der Waals surface area contributed by atoms with Crippen molar-refractivity contribution in [2.45, 2.75) is 32.6 Å². The summed E-state index contributed by atoms with van der Waals surface area (Å²) in [7, 11) is 0. The van der Waals surface area contributed by atoms with Crippen LogP contribution < -0.4 is 0 Å². The van der Waals surface area contributed by atoms with E-state index >= 15 is 0 Å². The predicted molar refractivity (Wildman–Crippen MR) is 109 cm³/mol. The molecule has 26 heavy (non-hydrogen) atoms. The van der Waals surface area contributed by atoms with Crippen LogP contribution in [0.25, 0.3) is 21.8 Å². The van der Waals surface area contributed by atoms with Crippen LogP contribution in [0.15, 0.2) is 72.8 Å². The van der Waals surface area contributed by atoms with Crippen LogP contribution in [0, 0.1) is 0 Å². The molecular weight excluding hydrogens is 318 g/mol. The van der Waals surface area contributed by atoms with E-state index in [9.17, 15) is 4.79 Å². The number of hydrogen-bond donors (Lipinski definition) is 0. The van der Waals surface area contributed by atoms with Crippen molar-refractivity contribution in [3.63, 3.8) is 0 Å². The summed E-state index contributed by atoms with van der Waals surface area (Å²) in [6.07, 6.45) is 1.53. The van der Waals surface area contributed by atoms with Crippen LogP contribution >= 0.6 is 0 Å². The van der Waals surface area contributed by atoms with Crippen molar-refractivity contribution in [2.75, 3.05) is 0 Å². The summed E-state index contributed by atoms with van der Waals surface area (Å²) in [4.78, 5) is 13.1. The maximum Gasteiger partial charge on any atom is 0.235 e. The van der Waals surface area contributed by atoms with Gasteiger partial charge < -0.3 is 0 Å². The van der Waals surface area contributed by atoms with Gasteiger partial charge in [0.25, 0.3) is 0 Å². The van der Waals surface area contributed by atoms with Crippen LogP contribution in [0.5, 0.6) is 0 Å².